The first-order valence-corrected chi connectivity index (χ1v) is 7.81. The molecule has 20 heavy (non-hydrogen) atoms. The Morgan fingerprint density at radius 2 is 2.00 bits per heavy atom. The molecule has 0 spiro atoms. The van der Waals surface area contributed by atoms with E-state index >= 15 is 0 Å². The lowest BCUT2D eigenvalue weighted by molar-refractivity contribution is 0.352. The summed E-state index contributed by atoms with van der Waals surface area (Å²) in [5.41, 5.74) is 8.64. The zero-order chi connectivity index (χ0) is 14.3. The van der Waals surface area contributed by atoms with Gasteiger partial charge in [0, 0.05) is 22.0 Å². The van der Waals surface area contributed by atoms with E-state index in [4.69, 9.17) is 10.5 Å². The SMILES string of the molecule is NC(c1cccc(Br)c1F)c1cc(Br)cc2c1OCC2. The Morgan fingerprint density at radius 3 is 2.80 bits per heavy atom. The fraction of sp³-hybridized carbons (Fsp3) is 0.200. The van der Waals surface area contributed by atoms with Crippen LogP contribution >= 0.6 is 31.9 Å². The van der Waals surface area contributed by atoms with Crippen molar-refractivity contribution in [3.05, 3.63) is 61.8 Å². The van der Waals surface area contributed by atoms with Crippen molar-refractivity contribution in [1.29, 1.82) is 0 Å². The third kappa shape index (κ3) is 2.38. The van der Waals surface area contributed by atoms with E-state index in [9.17, 15) is 4.39 Å². The molecule has 2 N–H and O–H groups in total. The van der Waals surface area contributed by atoms with Gasteiger partial charge >= 0.3 is 0 Å². The van der Waals surface area contributed by atoms with E-state index in [0.29, 0.717) is 16.6 Å². The van der Waals surface area contributed by atoms with Gasteiger partial charge in [-0.25, -0.2) is 4.39 Å². The number of benzene rings is 2. The molecule has 0 aromatic heterocycles. The highest BCUT2D eigenvalue weighted by Gasteiger charge is 2.24. The fourth-order valence-corrected chi connectivity index (χ4v) is 3.36. The summed E-state index contributed by atoms with van der Waals surface area (Å²) < 4.78 is 21.2. The fourth-order valence-electron chi connectivity index (χ4n) is 2.46. The molecule has 5 heteroatoms. The molecule has 0 aliphatic carbocycles. The molecule has 0 fully saturated rings. The van der Waals surface area contributed by atoms with Crippen LogP contribution in [0.3, 0.4) is 0 Å². The number of fused-ring (bicyclic) bond motifs is 1. The molecule has 1 aliphatic heterocycles. The number of hydrogen-bond donors (Lipinski definition) is 1. The Kier molecular flexibility index (Phi) is 3.84. The van der Waals surface area contributed by atoms with E-state index in [1.807, 2.05) is 12.1 Å². The van der Waals surface area contributed by atoms with Crippen molar-refractivity contribution < 1.29 is 9.13 Å². The number of nitrogens with two attached hydrogens (primary N) is 1. The van der Waals surface area contributed by atoms with Gasteiger partial charge in [0.25, 0.3) is 0 Å². The number of halogens is 3. The van der Waals surface area contributed by atoms with Gasteiger partial charge in [-0.1, -0.05) is 28.1 Å². The highest BCUT2D eigenvalue weighted by atomic mass is 79.9. The van der Waals surface area contributed by atoms with Crippen molar-refractivity contribution in [2.75, 3.05) is 6.61 Å². The average molecular weight is 401 g/mol. The molecular formula is C15H12Br2FNO. The first-order valence-electron chi connectivity index (χ1n) is 6.22. The smallest absolute Gasteiger partial charge is 0.142 e. The maximum absolute atomic E-state index is 14.2. The van der Waals surface area contributed by atoms with Gasteiger partial charge in [0.15, 0.2) is 0 Å². The molecule has 3 rings (SSSR count). The van der Waals surface area contributed by atoms with E-state index in [-0.39, 0.29) is 5.82 Å². The third-order valence-electron chi connectivity index (χ3n) is 3.43. The second-order valence-electron chi connectivity index (χ2n) is 4.70. The molecule has 0 radical (unpaired) electrons. The minimum Gasteiger partial charge on any atom is -0.493 e. The average Bonchev–Trinajstić information content (AvgIpc) is 2.88. The van der Waals surface area contributed by atoms with Crippen LogP contribution in [0.1, 0.15) is 22.7 Å². The first-order chi connectivity index (χ1) is 9.58. The van der Waals surface area contributed by atoms with Crippen LogP contribution in [0.4, 0.5) is 4.39 Å². The van der Waals surface area contributed by atoms with Crippen LogP contribution < -0.4 is 10.5 Å². The van der Waals surface area contributed by atoms with Gasteiger partial charge in [0.1, 0.15) is 11.6 Å². The molecule has 2 aromatic carbocycles. The summed E-state index contributed by atoms with van der Waals surface area (Å²) >= 11 is 6.67. The van der Waals surface area contributed by atoms with Crippen LogP contribution in [0, 0.1) is 5.82 Å². The molecule has 0 bridgehead atoms. The van der Waals surface area contributed by atoms with Crippen molar-refractivity contribution in [2.24, 2.45) is 5.73 Å². The molecule has 0 saturated heterocycles. The predicted octanol–water partition coefficient (Wildman–Crippen LogP) is 4.33. The molecular weight excluding hydrogens is 389 g/mol. The van der Waals surface area contributed by atoms with Gasteiger partial charge in [-0.05, 0) is 39.7 Å². The van der Waals surface area contributed by atoms with E-state index in [2.05, 4.69) is 31.9 Å². The molecule has 1 aliphatic rings. The highest BCUT2D eigenvalue weighted by Crippen LogP contribution is 2.38. The van der Waals surface area contributed by atoms with Gasteiger partial charge in [-0.3, -0.25) is 0 Å². The summed E-state index contributed by atoms with van der Waals surface area (Å²) in [4.78, 5) is 0. The zero-order valence-corrected chi connectivity index (χ0v) is 13.7. The van der Waals surface area contributed by atoms with Crippen LogP contribution in [-0.2, 0) is 6.42 Å². The topological polar surface area (TPSA) is 35.2 Å². The van der Waals surface area contributed by atoms with Gasteiger partial charge < -0.3 is 10.5 Å². The van der Waals surface area contributed by atoms with Crippen LogP contribution in [0.5, 0.6) is 5.75 Å². The molecule has 2 aromatic rings. The summed E-state index contributed by atoms with van der Waals surface area (Å²) in [6, 6.07) is 8.50. The predicted molar refractivity (Wildman–Crippen MR) is 83.5 cm³/mol. The summed E-state index contributed by atoms with van der Waals surface area (Å²) in [5, 5.41) is 0. The van der Waals surface area contributed by atoms with Crippen LogP contribution in [0.15, 0.2) is 39.3 Å². The lowest BCUT2D eigenvalue weighted by atomic mass is 9.96. The van der Waals surface area contributed by atoms with Crippen molar-refractivity contribution in [3.8, 4) is 5.75 Å². The molecule has 2 nitrogen and oxygen atoms in total. The second-order valence-corrected chi connectivity index (χ2v) is 6.47. The minimum absolute atomic E-state index is 0.327. The summed E-state index contributed by atoms with van der Waals surface area (Å²) in [5.74, 6) is 0.465. The number of hydrogen-bond acceptors (Lipinski definition) is 2. The van der Waals surface area contributed by atoms with Gasteiger partial charge in [-0.15, -0.1) is 0 Å². The Morgan fingerprint density at radius 1 is 1.20 bits per heavy atom. The highest BCUT2D eigenvalue weighted by molar-refractivity contribution is 9.10. The summed E-state index contributed by atoms with van der Waals surface area (Å²) in [6.07, 6.45) is 0.857. The summed E-state index contributed by atoms with van der Waals surface area (Å²) in [6.45, 7) is 0.645. The molecule has 104 valence electrons. The van der Waals surface area contributed by atoms with Crippen molar-refractivity contribution >= 4 is 31.9 Å². The normalized spacial score (nSPS) is 14.8. The number of ether oxygens (including phenoxy) is 1. The maximum Gasteiger partial charge on any atom is 0.142 e. The van der Waals surface area contributed by atoms with E-state index < -0.39 is 6.04 Å². The summed E-state index contributed by atoms with van der Waals surface area (Å²) in [7, 11) is 0. The molecule has 1 unspecified atom stereocenters. The van der Waals surface area contributed by atoms with E-state index in [1.54, 1.807) is 18.2 Å². The van der Waals surface area contributed by atoms with Crippen LogP contribution in [0.2, 0.25) is 0 Å². The molecule has 1 atom stereocenters. The van der Waals surface area contributed by atoms with Crippen molar-refractivity contribution in [3.63, 3.8) is 0 Å². The number of rotatable bonds is 2. The Labute approximate surface area is 133 Å². The second kappa shape index (κ2) is 5.47. The maximum atomic E-state index is 14.2. The molecule has 0 amide bonds. The first kappa shape index (κ1) is 14.0. The quantitative estimate of drug-likeness (QED) is 0.813. The van der Waals surface area contributed by atoms with Crippen molar-refractivity contribution in [1.82, 2.24) is 0 Å². The lowest BCUT2D eigenvalue weighted by Gasteiger charge is -2.17. The monoisotopic (exact) mass is 399 g/mol. The standard InChI is InChI=1S/C15H12Br2FNO/c16-9-6-8-4-5-20-15(8)11(7-9)14(19)10-2-1-3-12(17)13(10)18/h1-3,6-7,14H,4-5,19H2. The largest absolute Gasteiger partial charge is 0.493 e. The van der Waals surface area contributed by atoms with Crippen LogP contribution in [0.25, 0.3) is 0 Å². The van der Waals surface area contributed by atoms with E-state index in [0.717, 1.165) is 27.8 Å². The molecule has 0 saturated carbocycles. The van der Waals surface area contributed by atoms with Gasteiger partial charge in [0.2, 0.25) is 0 Å². The lowest BCUT2D eigenvalue weighted by Crippen LogP contribution is -2.15. The Hall–Kier alpha value is -0.910. The molecule has 1 heterocycles. The Balaban J connectivity index is 2.11. The van der Waals surface area contributed by atoms with Crippen LogP contribution in [-0.4, -0.2) is 6.61 Å². The minimum atomic E-state index is -0.558. The zero-order valence-electron chi connectivity index (χ0n) is 10.5. The Bertz CT molecular complexity index is 675. The third-order valence-corrected chi connectivity index (χ3v) is 4.50. The van der Waals surface area contributed by atoms with Gasteiger partial charge in [-0.2, -0.15) is 0 Å². The van der Waals surface area contributed by atoms with Crippen molar-refractivity contribution in [2.45, 2.75) is 12.5 Å². The van der Waals surface area contributed by atoms with E-state index in [1.165, 1.54) is 0 Å². The van der Waals surface area contributed by atoms with Gasteiger partial charge in [0.05, 0.1) is 17.1 Å².